The molecule has 1 aliphatic carbocycles. The van der Waals surface area contributed by atoms with Crippen molar-refractivity contribution in [2.75, 3.05) is 18.0 Å². The van der Waals surface area contributed by atoms with E-state index >= 15 is 0 Å². The molecule has 1 aliphatic heterocycles. The number of aromatic nitrogens is 3. The number of hydrogen-bond acceptors (Lipinski definition) is 4. The molecule has 2 aromatic rings. The van der Waals surface area contributed by atoms with Crippen LogP contribution in [-0.2, 0) is 0 Å². The Hall–Kier alpha value is -1.62. The van der Waals surface area contributed by atoms with Crippen molar-refractivity contribution in [2.45, 2.75) is 32.2 Å². The monoisotopic (exact) mass is 271 g/mol. The molecule has 5 heteroatoms. The van der Waals surface area contributed by atoms with Crippen LogP contribution in [0.5, 0.6) is 0 Å². The van der Waals surface area contributed by atoms with E-state index in [1.54, 1.807) is 0 Å². The van der Waals surface area contributed by atoms with Gasteiger partial charge in [-0.1, -0.05) is 12.5 Å². The highest BCUT2D eigenvalue weighted by molar-refractivity contribution is 5.46. The first-order valence-electron chi connectivity index (χ1n) is 7.54. The molecular formula is C15H21N5. The van der Waals surface area contributed by atoms with Crippen LogP contribution in [0.25, 0.3) is 5.65 Å². The number of aryl methyl sites for hydroxylation is 1. The molecule has 2 aromatic heterocycles. The van der Waals surface area contributed by atoms with Crippen LogP contribution in [0.2, 0.25) is 0 Å². The topological polar surface area (TPSA) is 59.5 Å². The summed E-state index contributed by atoms with van der Waals surface area (Å²) in [5.41, 5.74) is 8.40. The van der Waals surface area contributed by atoms with Gasteiger partial charge in [0, 0.05) is 25.3 Å². The Kier molecular flexibility index (Phi) is 2.70. The van der Waals surface area contributed by atoms with Crippen molar-refractivity contribution in [3.8, 4) is 0 Å². The van der Waals surface area contributed by atoms with Crippen molar-refractivity contribution in [3.05, 3.63) is 23.9 Å². The van der Waals surface area contributed by atoms with Gasteiger partial charge >= 0.3 is 0 Å². The second-order valence-corrected chi connectivity index (χ2v) is 6.34. The van der Waals surface area contributed by atoms with E-state index in [1.807, 2.05) is 16.8 Å². The van der Waals surface area contributed by atoms with Gasteiger partial charge in [-0.15, -0.1) is 5.10 Å². The van der Waals surface area contributed by atoms with Crippen molar-refractivity contribution < 1.29 is 0 Å². The van der Waals surface area contributed by atoms with E-state index in [1.165, 1.54) is 24.8 Å². The second kappa shape index (κ2) is 4.45. The van der Waals surface area contributed by atoms with E-state index in [9.17, 15) is 0 Å². The molecule has 5 nitrogen and oxygen atoms in total. The minimum absolute atomic E-state index is 0.359. The molecule has 3 atom stereocenters. The maximum Gasteiger partial charge on any atom is 0.245 e. The van der Waals surface area contributed by atoms with Crippen LogP contribution in [0.3, 0.4) is 0 Å². The van der Waals surface area contributed by atoms with Gasteiger partial charge in [-0.25, -0.2) is 4.52 Å². The first-order chi connectivity index (χ1) is 9.70. The standard InChI is InChI=1S/C15H21N5/c1-10-5-6-14-17-15(18-20(14)7-10)19-8-11-3-2-4-13(16)12(11)9-19/h5-7,11-13H,2-4,8-9,16H2,1H3. The molecule has 20 heavy (non-hydrogen) atoms. The van der Waals surface area contributed by atoms with Crippen molar-refractivity contribution in [3.63, 3.8) is 0 Å². The summed E-state index contributed by atoms with van der Waals surface area (Å²) in [6, 6.07) is 4.46. The fourth-order valence-electron chi connectivity index (χ4n) is 3.79. The molecule has 2 aliphatic rings. The molecule has 106 valence electrons. The molecular weight excluding hydrogens is 250 g/mol. The Morgan fingerprint density at radius 2 is 2.15 bits per heavy atom. The summed E-state index contributed by atoms with van der Waals surface area (Å²) in [6.45, 7) is 4.15. The van der Waals surface area contributed by atoms with E-state index in [2.05, 4.69) is 28.0 Å². The minimum Gasteiger partial charge on any atom is -0.339 e. The molecule has 0 spiro atoms. The van der Waals surface area contributed by atoms with Gasteiger partial charge in [0.2, 0.25) is 5.95 Å². The highest BCUT2D eigenvalue weighted by Gasteiger charge is 2.39. The smallest absolute Gasteiger partial charge is 0.245 e. The van der Waals surface area contributed by atoms with Gasteiger partial charge in [0.1, 0.15) is 0 Å². The Balaban J connectivity index is 1.63. The molecule has 1 saturated carbocycles. The quantitative estimate of drug-likeness (QED) is 0.856. The summed E-state index contributed by atoms with van der Waals surface area (Å²) in [6.07, 6.45) is 5.78. The summed E-state index contributed by atoms with van der Waals surface area (Å²) < 4.78 is 1.88. The molecule has 0 bridgehead atoms. The molecule has 2 fully saturated rings. The highest BCUT2D eigenvalue weighted by atomic mass is 15.4. The third-order valence-electron chi connectivity index (χ3n) is 4.90. The number of nitrogens with two attached hydrogens (primary N) is 1. The zero-order valence-electron chi connectivity index (χ0n) is 11.9. The van der Waals surface area contributed by atoms with Gasteiger partial charge in [0.15, 0.2) is 5.65 Å². The molecule has 2 N–H and O–H groups in total. The summed E-state index contributed by atoms with van der Waals surface area (Å²) in [7, 11) is 0. The molecule has 1 saturated heterocycles. The van der Waals surface area contributed by atoms with Gasteiger partial charge in [-0.05, 0) is 43.2 Å². The van der Waals surface area contributed by atoms with E-state index < -0.39 is 0 Å². The lowest BCUT2D eigenvalue weighted by Crippen LogP contribution is -2.38. The van der Waals surface area contributed by atoms with Crippen LogP contribution in [0.4, 0.5) is 5.95 Å². The number of hydrogen-bond donors (Lipinski definition) is 1. The summed E-state index contributed by atoms with van der Waals surface area (Å²) in [5, 5.41) is 4.63. The molecule has 0 radical (unpaired) electrons. The predicted octanol–water partition coefficient (Wildman–Crippen LogP) is 1.60. The maximum atomic E-state index is 6.28. The van der Waals surface area contributed by atoms with Crippen molar-refractivity contribution >= 4 is 11.6 Å². The highest BCUT2D eigenvalue weighted by Crippen LogP contribution is 2.36. The van der Waals surface area contributed by atoms with Gasteiger partial charge in [-0.3, -0.25) is 0 Å². The normalized spacial score (nSPS) is 29.9. The third kappa shape index (κ3) is 1.88. The average Bonchev–Trinajstić information content (AvgIpc) is 3.01. The van der Waals surface area contributed by atoms with Crippen LogP contribution >= 0.6 is 0 Å². The lowest BCUT2D eigenvalue weighted by atomic mass is 9.78. The largest absolute Gasteiger partial charge is 0.339 e. The van der Waals surface area contributed by atoms with Crippen molar-refractivity contribution in [2.24, 2.45) is 17.6 Å². The van der Waals surface area contributed by atoms with E-state index in [-0.39, 0.29) is 0 Å². The summed E-state index contributed by atoms with van der Waals surface area (Å²) in [4.78, 5) is 6.98. The number of fused-ring (bicyclic) bond motifs is 2. The Labute approximate surface area is 118 Å². The SMILES string of the molecule is Cc1ccc2nc(N3CC4CCCC(N)C4C3)nn2c1. The van der Waals surface area contributed by atoms with E-state index in [0.717, 1.165) is 30.6 Å². The van der Waals surface area contributed by atoms with Crippen LogP contribution < -0.4 is 10.6 Å². The lowest BCUT2D eigenvalue weighted by Gasteiger charge is -2.29. The zero-order valence-corrected chi connectivity index (χ0v) is 11.9. The first kappa shape index (κ1) is 12.1. The molecule has 3 heterocycles. The van der Waals surface area contributed by atoms with Gasteiger partial charge in [-0.2, -0.15) is 4.98 Å². The summed E-state index contributed by atoms with van der Waals surface area (Å²) >= 11 is 0. The predicted molar refractivity (Wildman–Crippen MR) is 78.7 cm³/mol. The van der Waals surface area contributed by atoms with Crippen molar-refractivity contribution in [1.82, 2.24) is 14.6 Å². The second-order valence-electron chi connectivity index (χ2n) is 6.34. The molecule has 4 rings (SSSR count). The van der Waals surface area contributed by atoms with E-state index in [0.29, 0.717) is 12.0 Å². The fourth-order valence-corrected chi connectivity index (χ4v) is 3.79. The Morgan fingerprint density at radius 1 is 1.25 bits per heavy atom. The lowest BCUT2D eigenvalue weighted by molar-refractivity contribution is 0.260. The first-order valence-corrected chi connectivity index (χ1v) is 7.54. The van der Waals surface area contributed by atoms with Crippen molar-refractivity contribution in [1.29, 1.82) is 0 Å². The van der Waals surface area contributed by atoms with Gasteiger partial charge in [0.05, 0.1) is 0 Å². The molecule has 0 aromatic carbocycles. The molecule has 0 amide bonds. The Morgan fingerprint density at radius 3 is 3.00 bits per heavy atom. The van der Waals surface area contributed by atoms with Crippen LogP contribution in [0.15, 0.2) is 18.3 Å². The van der Waals surface area contributed by atoms with Crippen LogP contribution in [0, 0.1) is 18.8 Å². The van der Waals surface area contributed by atoms with Crippen LogP contribution in [0.1, 0.15) is 24.8 Å². The zero-order chi connectivity index (χ0) is 13.7. The maximum absolute atomic E-state index is 6.28. The average molecular weight is 271 g/mol. The Bertz CT molecular complexity index is 634. The number of pyridine rings is 1. The third-order valence-corrected chi connectivity index (χ3v) is 4.90. The molecule has 3 unspecified atom stereocenters. The van der Waals surface area contributed by atoms with Gasteiger partial charge < -0.3 is 10.6 Å². The minimum atomic E-state index is 0.359. The fraction of sp³-hybridized carbons (Fsp3) is 0.600. The summed E-state index contributed by atoms with van der Waals surface area (Å²) in [5.74, 6) is 2.21. The van der Waals surface area contributed by atoms with E-state index in [4.69, 9.17) is 5.73 Å². The number of nitrogens with zero attached hydrogens (tertiary/aromatic N) is 4. The van der Waals surface area contributed by atoms with Gasteiger partial charge in [0.25, 0.3) is 0 Å². The number of rotatable bonds is 1. The van der Waals surface area contributed by atoms with Crippen LogP contribution in [-0.4, -0.2) is 33.7 Å². The number of anilines is 1.